The Morgan fingerprint density at radius 1 is 0.814 bits per heavy atom. The molecule has 0 bridgehead atoms. The molecule has 0 saturated carbocycles. The normalized spacial score (nSPS) is 8.58. The van der Waals surface area contributed by atoms with E-state index in [1.165, 1.54) is 4.90 Å². The van der Waals surface area contributed by atoms with Gasteiger partial charge in [0.05, 0.1) is 11.7 Å². The Hall–Kier alpha value is -6.74. The lowest BCUT2D eigenvalue weighted by atomic mass is 10.1. The molecule has 0 aliphatic carbocycles. The zero-order chi connectivity index (χ0) is 30.9. The number of rotatable bonds is 3. The van der Waals surface area contributed by atoms with E-state index in [-0.39, 0.29) is 0 Å². The van der Waals surface area contributed by atoms with Crippen molar-refractivity contribution in [3.63, 3.8) is 0 Å². The molecule has 0 radical (unpaired) electrons. The van der Waals surface area contributed by atoms with E-state index in [0.717, 1.165) is 11.3 Å². The second-order valence-electron chi connectivity index (χ2n) is 8.08. The van der Waals surface area contributed by atoms with Gasteiger partial charge in [-0.1, -0.05) is 29.7 Å². The number of hydrogen-bond acceptors (Lipinski definition) is 3. The topological polar surface area (TPSA) is 66.3 Å². The van der Waals surface area contributed by atoms with Crippen LogP contribution in [0.3, 0.4) is 0 Å². The summed E-state index contributed by atoms with van der Waals surface area (Å²) in [4.78, 5) is 14.8. The van der Waals surface area contributed by atoms with Crippen LogP contribution in [0, 0.1) is 132 Å². The first kappa shape index (κ1) is 30.8. The molecule has 0 spiro atoms. The van der Waals surface area contributed by atoms with Crippen molar-refractivity contribution in [2.45, 2.75) is 33.7 Å². The van der Waals surface area contributed by atoms with Gasteiger partial charge in [0.15, 0.2) is 11.5 Å². The monoisotopic (exact) mass is 571 g/mol. The largest absolute Gasteiger partial charge is 0.304 e. The third-order valence-electron chi connectivity index (χ3n) is 5.11. The highest BCUT2D eigenvalue weighted by Crippen LogP contribution is 2.29. The summed E-state index contributed by atoms with van der Waals surface area (Å²) in [6.07, 6.45) is 0. The Balaban J connectivity index is 1.68. The van der Waals surface area contributed by atoms with Gasteiger partial charge in [-0.15, -0.1) is 10.2 Å². The lowest BCUT2D eigenvalue weighted by Gasteiger charge is -2.26. The first-order chi connectivity index (χ1) is 20.9. The number of carbonyl (C=O) groups excluding carboxylic acids is 1. The highest BCUT2D eigenvalue weighted by molar-refractivity contribution is 6.34. The van der Waals surface area contributed by atoms with E-state index in [2.05, 4.69) is 134 Å². The number of aromatic amines is 1. The molecule has 1 N–H and O–H groups in total. The molecule has 0 saturated heterocycles. The van der Waals surface area contributed by atoms with Gasteiger partial charge in [-0.2, -0.15) is 0 Å². The molecule has 7 heteroatoms. The molecule has 1 aromatic carbocycles. The number of carbonyl (C=O) groups is 1. The lowest BCUT2D eigenvalue weighted by Crippen LogP contribution is -2.33. The van der Waals surface area contributed by atoms with Gasteiger partial charge in [-0.25, -0.2) is 4.52 Å². The van der Waals surface area contributed by atoms with Crippen LogP contribution in [0.4, 0.5) is 5.69 Å². The van der Waals surface area contributed by atoms with E-state index in [4.69, 9.17) is 11.6 Å². The van der Waals surface area contributed by atoms with E-state index in [1.54, 1.807) is 11.4 Å². The van der Waals surface area contributed by atoms with Crippen molar-refractivity contribution >= 4 is 28.8 Å². The molecule has 3 rings (SSSR count). The molecular formula is C36H18ClN5O. The molecule has 2 aromatic heterocycles. The SMILES string of the molecule is CC#CC#CC#CC#CC#CC#CC#CC#CC#CC#CC(=O)N(c1cccc(C)c1)C(C)c1nnc2c(Cl)c(C)[nH]n12. The molecule has 6 nitrogen and oxygen atoms in total. The van der Waals surface area contributed by atoms with Gasteiger partial charge in [0.2, 0.25) is 0 Å². The van der Waals surface area contributed by atoms with Crippen molar-refractivity contribution in [2.24, 2.45) is 0 Å². The van der Waals surface area contributed by atoms with Crippen LogP contribution < -0.4 is 4.90 Å². The van der Waals surface area contributed by atoms with Gasteiger partial charge in [0.25, 0.3) is 0 Å². The number of amides is 1. The molecule has 1 unspecified atom stereocenters. The van der Waals surface area contributed by atoms with Crippen LogP contribution >= 0.6 is 11.6 Å². The predicted molar refractivity (Wildman–Crippen MR) is 168 cm³/mol. The Kier molecular flexibility index (Phi) is 11.7. The molecule has 0 aliphatic heterocycles. The number of nitrogens with zero attached hydrogens (tertiary/aromatic N) is 4. The van der Waals surface area contributed by atoms with Crippen LogP contribution in [0.2, 0.25) is 5.02 Å². The number of anilines is 1. The summed E-state index contributed by atoms with van der Waals surface area (Å²) in [6, 6.07) is 6.97. The fraction of sp³-hybridized carbons (Fsp3) is 0.139. The van der Waals surface area contributed by atoms with Crippen molar-refractivity contribution in [3.8, 4) is 118 Å². The molecule has 0 aliphatic rings. The maximum atomic E-state index is 13.3. The van der Waals surface area contributed by atoms with E-state index < -0.39 is 11.9 Å². The molecular weight excluding hydrogens is 554 g/mol. The second kappa shape index (κ2) is 16.4. The fourth-order valence-electron chi connectivity index (χ4n) is 3.32. The van der Waals surface area contributed by atoms with Crippen LogP contribution in [0.25, 0.3) is 5.65 Å². The summed E-state index contributed by atoms with van der Waals surface area (Å²) in [5.74, 6) is 50.7. The zero-order valence-electron chi connectivity index (χ0n) is 23.5. The minimum Gasteiger partial charge on any atom is -0.294 e. The molecule has 43 heavy (non-hydrogen) atoms. The summed E-state index contributed by atoms with van der Waals surface area (Å²) >= 11 is 6.31. The van der Waals surface area contributed by atoms with E-state index in [9.17, 15) is 4.79 Å². The highest BCUT2D eigenvalue weighted by atomic mass is 35.5. The average molecular weight is 572 g/mol. The van der Waals surface area contributed by atoms with Crippen molar-refractivity contribution in [1.82, 2.24) is 19.8 Å². The summed E-state index contributed by atoms with van der Waals surface area (Å²) < 4.78 is 1.66. The van der Waals surface area contributed by atoms with Gasteiger partial charge in [-0.3, -0.25) is 14.8 Å². The average Bonchev–Trinajstić information content (AvgIpc) is 3.53. The van der Waals surface area contributed by atoms with Crippen LogP contribution in [0.5, 0.6) is 0 Å². The Bertz CT molecular complexity index is 2240. The smallest absolute Gasteiger partial charge is 0.294 e. The molecule has 200 valence electrons. The third-order valence-corrected chi connectivity index (χ3v) is 5.56. The number of aromatic nitrogens is 4. The summed E-state index contributed by atoms with van der Waals surface area (Å²) in [6.45, 7) is 7.29. The van der Waals surface area contributed by atoms with Gasteiger partial charge < -0.3 is 0 Å². The second-order valence-corrected chi connectivity index (χ2v) is 8.46. The van der Waals surface area contributed by atoms with Crippen molar-refractivity contribution < 1.29 is 4.79 Å². The number of fused-ring (bicyclic) bond motifs is 1. The van der Waals surface area contributed by atoms with Crippen LogP contribution in [-0.2, 0) is 4.79 Å². The maximum absolute atomic E-state index is 13.3. The van der Waals surface area contributed by atoms with Gasteiger partial charge in [0, 0.05) is 23.4 Å². The molecule has 1 atom stereocenters. The number of nitrogens with one attached hydrogen (secondary N) is 1. The minimum atomic E-state index is -0.534. The number of halogens is 1. The Morgan fingerprint density at radius 2 is 1.33 bits per heavy atom. The summed E-state index contributed by atoms with van der Waals surface area (Å²) in [5.41, 5.74) is 2.85. The van der Waals surface area contributed by atoms with Crippen molar-refractivity contribution in [3.05, 3.63) is 46.4 Å². The number of H-pyrrole nitrogens is 1. The maximum Gasteiger partial charge on any atom is 0.304 e. The lowest BCUT2D eigenvalue weighted by molar-refractivity contribution is -0.113. The fourth-order valence-corrected chi connectivity index (χ4v) is 3.49. The quantitative estimate of drug-likeness (QED) is 0.490. The summed E-state index contributed by atoms with van der Waals surface area (Å²) in [7, 11) is 0. The Morgan fingerprint density at radius 3 is 1.84 bits per heavy atom. The van der Waals surface area contributed by atoms with E-state index >= 15 is 0 Å². The molecule has 1 amide bonds. The predicted octanol–water partition coefficient (Wildman–Crippen LogP) is 3.48. The Labute approximate surface area is 256 Å². The number of aryl methyl sites for hydroxylation is 2. The highest BCUT2D eigenvalue weighted by Gasteiger charge is 2.27. The van der Waals surface area contributed by atoms with Crippen LogP contribution in [-0.4, -0.2) is 25.7 Å². The molecule has 3 aromatic rings. The van der Waals surface area contributed by atoms with Gasteiger partial charge in [-0.05, 0) is 140 Å². The van der Waals surface area contributed by atoms with Gasteiger partial charge >= 0.3 is 5.91 Å². The molecule has 0 fully saturated rings. The number of benzene rings is 1. The van der Waals surface area contributed by atoms with Crippen LogP contribution in [0.1, 0.15) is 37.0 Å². The van der Waals surface area contributed by atoms with Crippen molar-refractivity contribution in [2.75, 3.05) is 4.90 Å². The number of hydrogen-bond donors (Lipinski definition) is 1. The minimum absolute atomic E-state index is 0.467. The van der Waals surface area contributed by atoms with E-state index in [1.807, 2.05) is 45.0 Å². The standard InChI is InChI=1S/C36H18ClN5O/c1-5-6-7-8-9-10-11-12-13-14-15-16-17-18-19-20-21-22-23-27-33(43)41(32-26-24-25-29(2)28-32)31(4)35-38-39-36-34(37)30(3)40-42(35)36/h24-26,28,31,40H,1-4H3. The van der Waals surface area contributed by atoms with Crippen molar-refractivity contribution in [1.29, 1.82) is 0 Å². The zero-order valence-corrected chi connectivity index (χ0v) is 24.2. The first-order valence-electron chi connectivity index (χ1n) is 12.4. The summed E-state index contributed by atoms with van der Waals surface area (Å²) in [5, 5.41) is 12.0. The van der Waals surface area contributed by atoms with E-state index in [0.29, 0.717) is 22.2 Å². The van der Waals surface area contributed by atoms with Crippen LogP contribution in [0.15, 0.2) is 24.3 Å². The molecule has 2 heterocycles. The first-order valence-corrected chi connectivity index (χ1v) is 12.7. The van der Waals surface area contributed by atoms with Gasteiger partial charge in [0.1, 0.15) is 5.02 Å². The third kappa shape index (κ3) is 9.16.